The Morgan fingerprint density at radius 1 is 1.17 bits per heavy atom. The Morgan fingerprint density at radius 2 is 1.89 bits per heavy atom. The minimum absolute atomic E-state index is 0.0279. The Morgan fingerprint density at radius 3 is 2.56 bits per heavy atom. The van der Waals surface area contributed by atoms with Gasteiger partial charge in [-0.05, 0) is 18.4 Å². The van der Waals surface area contributed by atoms with Crippen molar-refractivity contribution in [2.24, 2.45) is 0 Å². The highest BCUT2D eigenvalue weighted by molar-refractivity contribution is 7.98. The van der Waals surface area contributed by atoms with Crippen molar-refractivity contribution in [3.05, 3.63) is 28.8 Å². The Kier molecular flexibility index (Phi) is 3.63. The van der Waals surface area contributed by atoms with Crippen molar-refractivity contribution in [1.29, 1.82) is 0 Å². The summed E-state index contributed by atoms with van der Waals surface area (Å²) < 4.78 is 27.0. The van der Waals surface area contributed by atoms with Gasteiger partial charge in [0.2, 0.25) is 5.95 Å². The van der Waals surface area contributed by atoms with Crippen LogP contribution in [0.15, 0.2) is 17.3 Å². The highest BCUT2D eigenvalue weighted by Crippen LogP contribution is 2.26. The first-order valence-corrected chi connectivity index (χ1v) is 6.32. The summed E-state index contributed by atoms with van der Waals surface area (Å²) in [7, 11) is 0. The Labute approximate surface area is 111 Å². The molecule has 0 bridgehead atoms. The van der Waals surface area contributed by atoms with Crippen molar-refractivity contribution < 1.29 is 8.78 Å². The van der Waals surface area contributed by atoms with Crippen LogP contribution >= 0.6 is 23.4 Å². The molecule has 94 valence electrons. The molecule has 1 aromatic heterocycles. The molecule has 0 saturated carbocycles. The van der Waals surface area contributed by atoms with E-state index in [1.165, 1.54) is 11.8 Å². The molecule has 0 aliphatic rings. The van der Waals surface area contributed by atoms with Gasteiger partial charge >= 0.3 is 0 Å². The first-order valence-electron chi connectivity index (χ1n) is 4.71. The third kappa shape index (κ3) is 2.51. The van der Waals surface area contributed by atoms with E-state index in [9.17, 15) is 8.78 Å². The first kappa shape index (κ1) is 13.0. The van der Waals surface area contributed by atoms with E-state index >= 15 is 0 Å². The van der Waals surface area contributed by atoms with Gasteiger partial charge in [-0.2, -0.15) is 9.97 Å². The molecule has 2 rings (SSSR count). The number of benzene rings is 1. The maximum atomic E-state index is 13.7. The fraction of sp³-hybridized carbons (Fsp3) is 0.100. The summed E-state index contributed by atoms with van der Waals surface area (Å²) in [5.74, 6) is -1.56. The lowest BCUT2D eigenvalue weighted by molar-refractivity contribution is 0.602. The van der Waals surface area contributed by atoms with Crippen LogP contribution in [0.25, 0.3) is 11.4 Å². The fourth-order valence-corrected chi connectivity index (χ4v) is 1.79. The summed E-state index contributed by atoms with van der Waals surface area (Å²) >= 11 is 6.69. The molecule has 8 heteroatoms. The van der Waals surface area contributed by atoms with Gasteiger partial charge in [0.15, 0.2) is 11.0 Å². The average molecular weight is 289 g/mol. The van der Waals surface area contributed by atoms with Crippen molar-refractivity contribution in [3.63, 3.8) is 0 Å². The minimum Gasteiger partial charge on any atom is -0.368 e. The molecule has 0 amide bonds. The van der Waals surface area contributed by atoms with Gasteiger partial charge in [0, 0.05) is 0 Å². The number of anilines is 1. The first-order chi connectivity index (χ1) is 8.51. The van der Waals surface area contributed by atoms with Crippen molar-refractivity contribution in [2.75, 3.05) is 12.0 Å². The SMILES string of the molecule is CSc1nc(N)nc(-c2cc(F)c(Cl)cc2F)n1. The molecule has 1 heterocycles. The number of nitrogens with zero attached hydrogens (tertiary/aromatic N) is 3. The molecule has 0 aliphatic heterocycles. The molecule has 0 atom stereocenters. The van der Waals surface area contributed by atoms with Crippen molar-refractivity contribution in [1.82, 2.24) is 15.0 Å². The van der Waals surface area contributed by atoms with Gasteiger partial charge in [-0.1, -0.05) is 23.4 Å². The number of rotatable bonds is 2. The van der Waals surface area contributed by atoms with Gasteiger partial charge in [0.05, 0.1) is 10.6 Å². The lowest BCUT2D eigenvalue weighted by Gasteiger charge is -2.05. The number of halogens is 3. The molecular formula is C10H7ClF2N4S. The molecule has 0 saturated heterocycles. The van der Waals surface area contributed by atoms with Gasteiger partial charge in [-0.15, -0.1) is 0 Å². The maximum Gasteiger partial charge on any atom is 0.224 e. The monoisotopic (exact) mass is 288 g/mol. The molecule has 0 radical (unpaired) electrons. The molecule has 4 nitrogen and oxygen atoms in total. The normalized spacial score (nSPS) is 10.7. The van der Waals surface area contributed by atoms with Crippen LogP contribution in [-0.4, -0.2) is 21.2 Å². The predicted octanol–water partition coefficient (Wildman–Crippen LogP) is 2.77. The second-order valence-corrected chi connectivity index (χ2v) is 4.43. The molecule has 1 aromatic carbocycles. The molecule has 2 N–H and O–H groups in total. The summed E-state index contributed by atoms with van der Waals surface area (Å²) in [6.45, 7) is 0. The third-order valence-electron chi connectivity index (χ3n) is 2.07. The molecule has 0 unspecified atom stereocenters. The van der Waals surface area contributed by atoms with Crippen molar-refractivity contribution >= 4 is 29.3 Å². The van der Waals surface area contributed by atoms with Crippen LogP contribution in [0.5, 0.6) is 0 Å². The summed E-state index contributed by atoms with van der Waals surface area (Å²) in [5, 5.41) is 0.0237. The topological polar surface area (TPSA) is 64.7 Å². The van der Waals surface area contributed by atoms with Gasteiger partial charge in [0.25, 0.3) is 0 Å². The molecule has 2 aromatic rings. The summed E-state index contributed by atoms with van der Waals surface area (Å²) in [6.07, 6.45) is 1.73. The van der Waals surface area contributed by atoms with Gasteiger partial charge < -0.3 is 5.73 Å². The molecular weight excluding hydrogens is 282 g/mol. The van der Waals surface area contributed by atoms with Crippen LogP contribution in [0.1, 0.15) is 0 Å². The van der Waals surface area contributed by atoms with Gasteiger partial charge in [0.1, 0.15) is 11.6 Å². The number of nitrogens with two attached hydrogens (primary N) is 1. The van der Waals surface area contributed by atoms with E-state index in [2.05, 4.69) is 15.0 Å². The van der Waals surface area contributed by atoms with E-state index in [-0.39, 0.29) is 22.4 Å². The minimum atomic E-state index is -0.752. The number of hydrogen-bond acceptors (Lipinski definition) is 5. The summed E-state index contributed by atoms with van der Waals surface area (Å²) in [6, 6.07) is 1.79. The predicted molar refractivity (Wildman–Crippen MR) is 66.4 cm³/mol. The fourth-order valence-electron chi connectivity index (χ4n) is 1.28. The van der Waals surface area contributed by atoms with Crippen LogP contribution in [0, 0.1) is 11.6 Å². The number of thioether (sulfide) groups is 1. The summed E-state index contributed by atoms with van der Waals surface area (Å²) in [5.41, 5.74) is 5.36. The van der Waals surface area contributed by atoms with Crippen LogP contribution in [-0.2, 0) is 0 Å². The lowest BCUT2D eigenvalue weighted by Crippen LogP contribution is -2.02. The van der Waals surface area contributed by atoms with Gasteiger partial charge in [-0.3, -0.25) is 0 Å². The molecule has 0 spiro atoms. The standard InChI is InChI=1S/C10H7ClF2N4S/c1-18-10-16-8(15-9(14)17-10)4-2-7(13)5(11)3-6(4)12/h2-3H,1H3,(H2,14,15,16,17). The number of aromatic nitrogens is 3. The van der Waals surface area contributed by atoms with Crippen LogP contribution < -0.4 is 5.73 Å². The van der Waals surface area contributed by atoms with E-state index in [0.717, 1.165) is 12.1 Å². The number of nitrogen functional groups attached to an aromatic ring is 1. The zero-order valence-electron chi connectivity index (χ0n) is 9.12. The lowest BCUT2D eigenvalue weighted by atomic mass is 10.2. The molecule has 0 aliphatic carbocycles. The van der Waals surface area contributed by atoms with E-state index in [1.54, 1.807) is 6.26 Å². The zero-order chi connectivity index (χ0) is 13.3. The van der Waals surface area contributed by atoms with Crippen LogP contribution in [0.3, 0.4) is 0 Å². The van der Waals surface area contributed by atoms with Gasteiger partial charge in [-0.25, -0.2) is 13.8 Å². The van der Waals surface area contributed by atoms with Crippen molar-refractivity contribution in [3.8, 4) is 11.4 Å². The van der Waals surface area contributed by atoms with E-state index in [0.29, 0.717) is 5.16 Å². The maximum absolute atomic E-state index is 13.7. The quantitative estimate of drug-likeness (QED) is 0.680. The van der Waals surface area contributed by atoms with E-state index in [1.807, 2.05) is 0 Å². The van der Waals surface area contributed by atoms with Crippen LogP contribution in [0.2, 0.25) is 5.02 Å². The highest BCUT2D eigenvalue weighted by Gasteiger charge is 2.14. The smallest absolute Gasteiger partial charge is 0.224 e. The Hall–Kier alpha value is -1.47. The Balaban J connectivity index is 2.61. The largest absolute Gasteiger partial charge is 0.368 e. The van der Waals surface area contributed by atoms with E-state index < -0.39 is 11.6 Å². The third-order valence-corrected chi connectivity index (χ3v) is 2.90. The Bertz CT molecular complexity index is 609. The zero-order valence-corrected chi connectivity index (χ0v) is 10.7. The van der Waals surface area contributed by atoms with Crippen molar-refractivity contribution in [2.45, 2.75) is 5.16 Å². The molecule has 18 heavy (non-hydrogen) atoms. The highest BCUT2D eigenvalue weighted by atomic mass is 35.5. The van der Waals surface area contributed by atoms with Crippen LogP contribution in [0.4, 0.5) is 14.7 Å². The second-order valence-electron chi connectivity index (χ2n) is 3.25. The van der Waals surface area contributed by atoms with E-state index in [4.69, 9.17) is 17.3 Å². The second kappa shape index (κ2) is 5.03. The average Bonchev–Trinajstić information content (AvgIpc) is 2.33. The summed E-state index contributed by atoms with van der Waals surface area (Å²) in [4.78, 5) is 11.6. The molecule has 0 fully saturated rings. The number of hydrogen-bond donors (Lipinski definition) is 1.